The molecule has 0 spiro atoms. The molecule has 1 aromatic rings. The van der Waals surface area contributed by atoms with E-state index in [9.17, 15) is 4.39 Å². The Bertz CT molecular complexity index is 332. The predicted octanol–water partition coefficient (Wildman–Crippen LogP) is 3.55. The van der Waals surface area contributed by atoms with Gasteiger partial charge in [0.2, 0.25) is 0 Å². The average Bonchev–Trinajstić information content (AvgIpc) is 2.08. The first kappa shape index (κ1) is 9.69. The van der Waals surface area contributed by atoms with Crippen LogP contribution < -0.4 is 0 Å². The van der Waals surface area contributed by atoms with E-state index in [1.54, 1.807) is 12.1 Å². The molecule has 0 aliphatic carbocycles. The Balaban J connectivity index is 3.06. The number of benzene rings is 1. The third-order valence-corrected chi connectivity index (χ3v) is 2.73. The van der Waals surface area contributed by atoms with E-state index >= 15 is 0 Å². The van der Waals surface area contributed by atoms with Crippen molar-refractivity contribution in [1.82, 2.24) is 0 Å². The number of nitriles is 1. The van der Waals surface area contributed by atoms with Crippen LogP contribution in [0.4, 0.5) is 4.39 Å². The monoisotopic (exact) mass is 291 g/mol. The van der Waals surface area contributed by atoms with Crippen LogP contribution in [0.25, 0.3) is 0 Å². The molecule has 0 bridgehead atoms. The minimum Gasteiger partial charge on any atom is -0.206 e. The van der Waals surface area contributed by atoms with Gasteiger partial charge >= 0.3 is 0 Å². The zero-order valence-corrected chi connectivity index (χ0v) is 9.06. The average molecular weight is 293 g/mol. The van der Waals surface area contributed by atoms with Gasteiger partial charge in [-0.1, -0.05) is 22.0 Å². The van der Waals surface area contributed by atoms with Gasteiger partial charge in [-0.05, 0) is 33.6 Å². The minimum absolute atomic E-state index is 0.354. The highest BCUT2D eigenvalue weighted by molar-refractivity contribution is 9.10. The van der Waals surface area contributed by atoms with E-state index in [-0.39, 0.29) is 5.82 Å². The molecule has 0 aliphatic heterocycles. The van der Waals surface area contributed by atoms with Gasteiger partial charge in [0, 0.05) is 0 Å². The fraction of sp³-hybridized carbons (Fsp3) is 0.125. The molecule has 0 fully saturated rings. The van der Waals surface area contributed by atoms with E-state index in [1.165, 1.54) is 6.07 Å². The van der Waals surface area contributed by atoms with Crippen LogP contribution in [0.1, 0.15) is 10.4 Å². The standard InChI is InChI=1S/C8H4Br2FN/c9-6-2-1-5(3-8(6)11)7(10)4-12/h1-3,7H. The highest BCUT2D eigenvalue weighted by Gasteiger charge is 2.07. The van der Waals surface area contributed by atoms with E-state index in [0.717, 1.165) is 0 Å². The molecular formula is C8H4Br2FN. The Morgan fingerprint density at radius 1 is 1.50 bits per heavy atom. The molecule has 0 saturated heterocycles. The van der Waals surface area contributed by atoms with E-state index in [1.807, 2.05) is 6.07 Å². The molecule has 1 rings (SSSR count). The van der Waals surface area contributed by atoms with Crippen LogP contribution in [-0.4, -0.2) is 0 Å². The predicted molar refractivity (Wildman–Crippen MR) is 51.4 cm³/mol. The molecule has 0 aliphatic rings. The molecule has 0 N–H and O–H groups in total. The summed E-state index contributed by atoms with van der Waals surface area (Å²) in [6.45, 7) is 0. The fourth-order valence-electron chi connectivity index (χ4n) is 0.745. The Kier molecular flexibility index (Phi) is 3.24. The maximum atomic E-state index is 12.9. The van der Waals surface area contributed by atoms with Crippen molar-refractivity contribution in [3.8, 4) is 6.07 Å². The molecule has 4 heteroatoms. The van der Waals surface area contributed by atoms with Crippen LogP contribution >= 0.6 is 31.9 Å². The summed E-state index contributed by atoms with van der Waals surface area (Å²) in [7, 11) is 0. The Labute approximate surface area is 86.5 Å². The third kappa shape index (κ3) is 2.05. The maximum absolute atomic E-state index is 12.9. The Hall–Kier alpha value is -0.400. The third-order valence-electron chi connectivity index (χ3n) is 1.35. The van der Waals surface area contributed by atoms with Gasteiger partial charge in [0.25, 0.3) is 0 Å². The Morgan fingerprint density at radius 2 is 2.17 bits per heavy atom. The topological polar surface area (TPSA) is 23.8 Å². The van der Waals surface area contributed by atoms with Gasteiger partial charge in [-0.3, -0.25) is 0 Å². The molecule has 0 heterocycles. The molecule has 0 saturated carbocycles. The molecule has 1 nitrogen and oxygen atoms in total. The van der Waals surface area contributed by atoms with Gasteiger partial charge in [-0.25, -0.2) is 4.39 Å². The first-order chi connectivity index (χ1) is 5.65. The van der Waals surface area contributed by atoms with Crippen molar-refractivity contribution in [1.29, 1.82) is 5.26 Å². The van der Waals surface area contributed by atoms with Crippen LogP contribution in [0.15, 0.2) is 22.7 Å². The SMILES string of the molecule is N#CC(Br)c1ccc(Br)c(F)c1. The van der Waals surface area contributed by atoms with Crippen molar-refractivity contribution in [3.63, 3.8) is 0 Å². The molecule has 12 heavy (non-hydrogen) atoms. The second-order valence-corrected chi connectivity index (χ2v) is 3.94. The second kappa shape index (κ2) is 4.01. The first-order valence-electron chi connectivity index (χ1n) is 3.14. The molecule has 1 unspecified atom stereocenters. The van der Waals surface area contributed by atoms with Crippen LogP contribution in [0.3, 0.4) is 0 Å². The zero-order chi connectivity index (χ0) is 9.14. The molecular weight excluding hydrogens is 289 g/mol. The van der Waals surface area contributed by atoms with Crippen LogP contribution in [0.5, 0.6) is 0 Å². The summed E-state index contributed by atoms with van der Waals surface area (Å²) in [5, 5.41) is 8.52. The number of rotatable bonds is 1. The summed E-state index contributed by atoms with van der Waals surface area (Å²) in [5.41, 5.74) is 0.623. The summed E-state index contributed by atoms with van der Waals surface area (Å²) in [6.07, 6.45) is 0. The summed E-state index contributed by atoms with van der Waals surface area (Å²) < 4.78 is 13.3. The lowest BCUT2D eigenvalue weighted by molar-refractivity contribution is 0.619. The largest absolute Gasteiger partial charge is 0.206 e. The van der Waals surface area contributed by atoms with Gasteiger partial charge in [0.1, 0.15) is 10.6 Å². The fourth-order valence-corrected chi connectivity index (χ4v) is 1.28. The lowest BCUT2D eigenvalue weighted by Crippen LogP contribution is -1.87. The summed E-state index contributed by atoms with van der Waals surface area (Å²) in [5.74, 6) is -0.354. The number of hydrogen-bond donors (Lipinski definition) is 0. The lowest BCUT2D eigenvalue weighted by Gasteiger charge is -2.01. The van der Waals surface area contributed by atoms with Crippen LogP contribution in [-0.2, 0) is 0 Å². The van der Waals surface area contributed by atoms with Gasteiger partial charge < -0.3 is 0 Å². The van der Waals surface area contributed by atoms with Crippen LogP contribution in [0.2, 0.25) is 0 Å². The number of nitrogens with zero attached hydrogens (tertiary/aromatic N) is 1. The van der Waals surface area contributed by atoms with Crippen molar-refractivity contribution in [2.45, 2.75) is 4.83 Å². The number of alkyl halides is 1. The summed E-state index contributed by atoms with van der Waals surface area (Å²) in [6, 6.07) is 6.56. The van der Waals surface area contributed by atoms with E-state index in [2.05, 4.69) is 31.9 Å². The first-order valence-corrected chi connectivity index (χ1v) is 4.84. The van der Waals surface area contributed by atoms with Gasteiger partial charge in [0.15, 0.2) is 0 Å². The molecule has 0 amide bonds. The smallest absolute Gasteiger partial charge is 0.137 e. The van der Waals surface area contributed by atoms with Crippen molar-refractivity contribution in [3.05, 3.63) is 34.1 Å². The van der Waals surface area contributed by atoms with Crippen molar-refractivity contribution < 1.29 is 4.39 Å². The molecule has 0 aromatic heterocycles. The van der Waals surface area contributed by atoms with Crippen molar-refractivity contribution in [2.75, 3.05) is 0 Å². The molecule has 1 aromatic carbocycles. The zero-order valence-electron chi connectivity index (χ0n) is 5.89. The van der Waals surface area contributed by atoms with Gasteiger partial charge in [0.05, 0.1) is 10.5 Å². The highest BCUT2D eigenvalue weighted by atomic mass is 79.9. The second-order valence-electron chi connectivity index (χ2n) is 2.17. The highest BCUT2D eigenvalue weighted by Crippen LogP contribution is 2.25. The normalized spacial score (nSPS) is 12.2. The van der Waals surface area contributed by atoms with E-state index < -0.39 is 4.83 Å². The Morgan fingerprint density at radius 3 is 2.67 bits per heavy atom. The van der Waals surface area contributed by atoms with Gasteiger partial charge in [-0.15, -0.1) is 0 Å². The maximum Gasteiger partial charge on any atom is 0.137 e. The van der Waals surface area contributed by atoms with Crippen molar-refractivity contribution in [2.24, 2.45) is 0 Å². The van der Waals surface area contributed by atoms with Crippen LogP contribution in [0, 0.1) is 17.1 Å². The lowest BCUT2D eigenvalue weighted by atomic mass is 10.2. The number of halogens is 3. The minimum atomic E-state index is -0.444. The molecule has 1 atom stereocenters. The quantitative estimate of drug-likeness (QED) is 0.726. The van der Waals surface area contributed by atoms with Crippen molar-refractivity contribution >= 4 is 31.9 Å². The van der Waals surface area contributed by atoms with E-state index in [4.69, 9.17) is 5.26 Å². The molecule has 0 radical (unpaired) electrons. The summed E-state index contributed by atoms with van der Waals surface area (Å²) in [4.78, 5) is -0.444. The van der Waals surface area contributed by atoms with Gasteiger partial charge in [-0.2, -0.15) is 5.26 Å². The number of hydrogen-bond acceptors (Lipinski definition) is 1. The van der Waals surface area contributed by atoms with E-state index in [0.29, 0.717) is 10.0 Å². The molecule has 62 valence electrons. The summed E-state index contributed by atoms with van der Waals surface area (Å²) >= 11 is 6.13.